The molecule has 0 saturated heterocycles. The number of para-hydroxylation sites is 1. The van der Waals surface area contributed by atoms with Crippen LogP contribution in [0.4, 0.5) is 5.69 Å². The Morgan fingerprint density at radius 3 is 2.81 bits per heavy atom. The second kappa shape index (κ2) is 5.72. The first-order valence-corrected chi connectivity index (χ1v) is 5.25. The van der Waals surface area contributed by atoms with Gasteiger partial charge in [0.1, 0.15) is 6.61 Å². The molecule has 1 aromatic rings. The Morgan fingerprint density at radius 2 is 2.25 bits per heavy atom. The van der Waals surface area contributed by atoms with Crippen molar-refractivity contribution >= 4 is 28.9 Å². The topological polar surface area (TPSA) is 52.4 Å². The molecule has 0 amide bonds. The fourth-order valence-corrected chi connectivity index (χ4v) is 1.30. The summed E-state index contributed by atoms with van der Waals surface area (Å²) in [5.74, 6) is 0.276. The molecule has 0 aliphatic carbocycles. The Bertz CT molecular complexity index is 421. The molecule has 0 radical (unpaired) electrons. The van der Waals surface area contributed by atoms with Crippen LogP contribution < -0.4 is 4.74 Å². The molecular formula is C10H9Cl2NO3. The van der Waals surface area contributed by atoms with Crippen molar-refractivity contribution in [3.05, 3.63) is 45.5 Å². The second-order valence-electron chi connectivity index (χ2n) is 3.02. The van der Waals surface area contributed by atoms with Crippen molar-refractivity contribution in [1.82, 2.24) is 0 Å². The number of hydrogen-bond donors (Lipinski definition) is 0. The molecule has 0 unspecified atom stereocenters. The summed E-state index contributed by atoms with van der Waals surface area (Å²) in [6.45, 7) is 3.73. The van der Waals surface area contributed by atoms with E-state index in [1.165, 1.54) is 18.2 Å². The molecular weight excluding hydrogens is 253 g/mol. The van der Waals surface area contributed by atoms with E-state index in [2.05, 4.69) is 6.58 Å². The molecule has 6 heteroatoms. The summed E-state index contributed by atoms with van der Waals surface area (Å²) in [6.07, 6.45) is 0. The summed E-state index contributed by atoms with van der Waals surface area (Å²) >= 11 is 11.3. The van der Waals surface area contributed by atoms with Crippen LogP contribution in [0, 0.1) is 10.1 Å². The van der Waals surface area contributed by atoms with Gasteiger partial charge >= 0.3 is 5.69 Å². The van der Waals surface area contributed by atoms with E-state index in [-0.39, 0.29) is 28.9 Å². The lowest BCUT2D eigenvalue weighted by atomic mass is 10.3. The van der Waals surface area contributed by atoms with Gasteiger partial charge in [0.05, 0.1) is 9.95 Å². The zero-order valence-corrected chi connectivity index (χ0v) is 9.79. The summed E-state index contributed by atoms with van der Waals surface area (Å²) in [4.78, 5) is 10.2. The minimum Gasteiger partial charge on any atom is -0.481 e. The molecule has 0 aliphatic rings. The Hall–Kier alpha value is -1.26. The van der Waals surface area contributed by atoms with Crippen LogP contribution in [-0.2, 0) is 0 Å². The van der Waals surface area contributed by atoms with E-state index in [0.717, 1.165) is 0 Å². The monoisotopic (exact) mass is 261 g/mol. The molecule has 0 bridgehead atoms. The van der Waals surface area contributed by atoms with E-state index in [4.69, 9.17) is 27.9 Å². The van der Waals surface area contributed by atoms with Gasteiger partial charge in [0.25, 0.3) is 0 Å². The van der Waals surface area contributed by atoms with Crippen molar-refractivity contribution in [1.29, 1.82) is 0 Å². The van der Waals surface area contributed by atoms with Gasteiger partial charge in [-0.1, -0.05) is 24.2 Å². The van der Waals surface area contributed by atoms with E-state index < -0.39 is 4.92 Å². The Morgan fingerprint density at radius 1 is 1.56 bits per heavy atom. The van der Waals surface area contributed by atoms with Crippen LogP contribution in [-0.4, -0.2) is 17.4 Å². The van der Waals surface area contributed by atoms with Crippen molar-refractivity contribution in [3.63, 3.8) is 0 Å². The van der Waals surface area contributed by atoms with Crippen LogP contribution in [0.2, 0.25) is 5.02 Å². The highest BCUT2D eigenvalue weighted by Gasteiger charge is 2.18. The van der Waals surface area contributed by atoms with Crippen LogP contribution >= 0.6 is 23.2 Å². The maximum Gasteiger partial charge on any atom is 0.312 e. The van der Waals surface area contributed by atoms with Crippen LogP contribution in [0.25, 0.3) is 0 Å². The highest BCUT2D eigenvalue weighted by Crippen LogP contribution is 2.34. The maximum absolute atomic E-state index is 10.7. The largest absolute Gasteiger partial charge is 0.481 e. The molecule has 0 atom stereocenters. The van der Waals surface area contributed by atoms with E-state index in [1.54, 1.807) is 0 Å². The van der Waals surface area contributed by atoms with Gasteiger partial charge in [-0.15, -0.1) is 11.6 Å². The molecule has 0 spiro atoms. The highest BCUT2D eigenvalue weighted by atomic mass is 35.5. The molecule has 1 aromatic carbocycles. The van der Waals surface area contributed by atoms with Gasteiger partial charge in [0.2, 0.25) is 5.75 Å². The van der Waals surface area contributed by atoms with Gasteiger partial charge in [-0.2, -0.15) is 0 Å². The summed E-state index contributed by atoms with van der Waals surface area (Å²) in [5.41, 5.74) is 0.450. The van der Waals surface area contributed by atoms with Crippen molar-refractivity contribution in [2.24, 2.45) is 0 Å². The molecule has 4 nitrogen and oxygen atoms in total. The maximum atomic E-state index is 10.7. The molecule has 0 N–H and O–H groups in total. The Kier molecular flexibility index (Phi) is 4.58. The number of ether oxygens (including phenoxy) is 1. The van der Waals surface area contributed by atoms with Crippen LogP contribution in [0.3, 0.4) is 0 Å². The number of benzene rings is 1. The average Bonchev–Trinajstić information content (AvgIpc) is 2.26. The molecule has 0 fully saturated rings. The second-order valence-corrected chi connectivity index (χ2v) is 3.69. The molecule has 86 valence electrons. The number of nitro benzene ring substituents is 1. The Balaban J connectivity index is 2.93. The molecule has 0 saturated carbocycles. The van der Waals surface area contributed by atoms with Gasteiger partial charge in [-0.05, 0) is 11.6 Å². The number of nitro groups is 1. The number of nitrogens with zero attached hydrogens (tertiary/aromatic N) is 1. The van der Waals surface area contributed by atoms with Crippen LogP contribution in [0.5, 0.6) is 5.75 Å². The fourth-order valence-electron chi connectivity index (χ4n) is 0.997. The smallest absolute Gasteiger partial charge is 0.312 e. The minimum absolute atomic E-state index is 0.0421. The first kappa shape index (κ1) is 12.8. The number of rotatable bonds is 5. The lowest BCUT2D eigenvalue weighted by Gasteiger charge is -2.08. The van der Waals surface area contributed by atoms with Gasteiger partial charge in [0.15, 0.2) is 0 Å². The third kappa shape index (κ3) is 3.12. The highest BCUT2D eigenvalue weighted by molar-refractivity contribution is 6.32. The van der Waals surface area contributed by atoms with E-state index >= 15 is 0 Å². The zero-order valence-electron chi connectivity index (χ0n) is 8.28. The Labute approximate surface area is 103 Å². The summed E-state index contributed by atoms with van der Waals surface area (Å²) in [5, 5.41) is 10.9. The molecule has 0 aliphatic heterocycles. The molecule has 16 heavy (non-hydrogen) atoms. The predicted octanol–water partition coefficient (Wildman–Crippen LogP) is 3.42. The van der Waals surface area contributed by atoms with Crippen molar-refractivity contribution in [2.45, 2.75) is 0 Å². The number of halogens is 2. The standard InChI is InChI=1S/C10H9Cl2NO3/c1-7(5-11)6-16-10-8(12)3-2-4-9(10)13(14)15/h2-4H,1,5-6H2. The predicted molar refractivity (Wildman–Crippen MR) is 63.5 cm³/mol. The summed E-state index contributed by atoms with van der Waals surface area (Å²) < 4.78 is 5.22. The van der Waals surface area contributed by atoms with E-state index in [1.807, 2.05) is 0 Å². The lowest BCUT2D eigenvalue weighted by Crippen LogP contribution is -2.04. The van der Waals surface area contributed by atoms with E-state index in [9.17, 15) is 10.1 Å². The van der Waals surface area contributed by atoms with Crippen LogP contribution in [0.1, 0.15) is 0 Å². The fraction of sp³-hybridized carbons (Fsp3) is 0.200. The van der Waals surface area contributed by atoms with Gasteiger partial charge in [0, 0.05) is 11.9 Å². The molecule has 1 rings (SSSR count). The number of hydrogen-bond acceptors (Lipinski definition) is 3. The molecule has 0 heterocycles. The van der Waals surface area contributed by atoms with Gasteiger partial charge in [-0.25, -0.2) is 0 Å². The zero-order chi connectivity index (χ0) is 12.1. The van der Waals surface area contributed by atoms with Gasteiger partial charge in [-0.3, -0.25) is 10.1 Å². The first-order valence-electron chi connectivity index (χ1n) is 4.34. The summed E-state index contributed by atoms with van der Waals surface area (Å²) in [6, 6.07) is 4.34. The van der Waals surface area contributed by atoms with Crippen LogP contribution in [0.15, 0.2) is 30.4 Å². The third-order valence-corrected chi connectivity index (χ3v) is 2.43. The van der Waals surface area contributed by atoms with Gasteiger partial charge < -0.3 is 4.74 Å². The van der Waals surface area contributed by atoms with Crippen molar-refractivity contribution < 1.29 is 9.66 Å². The summed E-state index contributed by atoms with van der Waals surface area (Å²) in [7, 11) is 0. The first-order chi connectivity index (χ1) is 7.56. The lowest BCUT2D eigenvalue weighted by molar-refractivity contribution is -0.385. The molecule has 0 aromatic heterocycles. The minimum atomic E-state index is -0.551. The van der Waals surface area contributed by atoms with Crippen molar-refractivity contribution in [3.8, 4) is 5.75 Å². The van der Waals surface area contributed by atoms with E-state index in [0.29, 0.717) is 5.57 Å². The normalized spacial score (nSPS) is 9.88. The average molecular weight is 262 g/mol. The SMILES string of the molecule is C=C(CCl)COc1c(Cl)cccc1[N+](=O)[O-]. The quantitative estimate of drug-likeness (QED) is 0.353. The number of alkyl halides is 1. The third-order valence-electron chi connectivity index (χ3n) is 1.75. The van der Waals surface area contributed by atoms with Crippen molar-refractivity contribution in [2.75, 3.05) is 12.5 Å².